The Morgan fingerprint density at radius 3 is 2.07 bits per heavy atom. The van der Waals surface area contributed by atoms with Gasteiger partial charge in [-0.3, -0.25) is 29.9 Å². The third-order valence-corrected chi connectivity index (χ3v) is 3.83. The molecule has 0 bridgehead atoms. The van der Waals surface area contributed by atoms with Crippen molar-refractivity contribution in [1.29, 1.82) is 0 Å². The normalized spacial score (nSPS) is 12.8. The molecule has 2 aromatic carbocycles. The van der Waals surface area contributed by atoms with Gasteiger partial charge in [0.1, 0.15) is 0 Å². The number of hydrogen-bond acceptors (Lipinski definition) is 6. The van der Waals surface area contributed by atoms with E-state index in [9.17, 15) is 46.5 Å². The number of nitro benzene ring substituents is 1. The van der Waals surface area contributed by atoms with Gasteiger partial charge < -0.3 is 4.74 Å². The van der Waals surface area contributed by atoms with Crippen LogP contribution in [0.1, 0.15) is 20.7 Å². The highest BCUT2D eigenvalue weighted by atomic mass is 19.2. The largest absolute Gasteiger partial charge is 0.477 e. The quantitative estimate of drug-likeness (QED) is 0.193. The van der Waals surface area contributed by atoms with E-state index >= 15 is 0 Å². The standard InChI is InChI=1S/C16H6F5N3O6/c17-9-10(18)12(20)14(13(21)11(9)19)30-4-8(25)22-23-15(26)6-2-1-5(24(28)29)3-7(6)16(23)27/h1-3H,4H2,(H,22,25). The van der Waals surface area contributed by atoms with E-state index in [2.05, 4.69) is 4.74 Å². The van der Waals surface area contributed by atoms with E-state index in [1.54, 1.807) is 5.43 Å². The SMILES string of the molecule is O=C(COc1c(F)c(F)c(F)c(F)c1F)NN1C(=O)c2ccc([N+](=O)[O-])cc2C1=O. The summed E-state index contributed by atoms with van der Waals surface area (Å²) in [6, 6.07) is 2.72. The molecule has 1 heterocycles. The fourth-order valence-electron chi connectivity index (χ4n) is 2.45. The van der Waals surface area contributed by atoms with E-state index in [1.807, 2.05) is 0 Å². The first-order valence-corrected chi connectivity index (χ1v) is 7.65. The van der Waals surface area contributed by atoms with Crippen molar-refractivity contribution in [1.82, 2.24) is 10.4 Å². The minimum Gasteiger partial charge on any atom is -0.477 e. The summed E-state index contributed by atoms with van der Waals surface area (Å²) in [5.41, 5.74) is 0.551. The van der Waals surface area contributed by atoms with Gasteiger partial charge in [0.25, 0.3) is 23.4 Å². The highest BCUT2D eigenvalue weighted by Crippen LogP contribution is 2.29. The number of carbonyl (C=O) groups is 3. The number of nitrogens with one attached hydrogen (secondary N) is 1. The Balaban J connectivity index is 1.74. The molecule has 0 aliphatic carbocycles. The summed E-state index contributed by atoms with van der Waals surface area (Å²) in [5.74, 6) is -17.0. The van der Waals surface area contributed by atoms with Gasteiger partial charge in [0.2, 0.25) is 29.1 Å². The Bertz CT molecular complexity index is 1110. The summed E-state index contributed by atoms with van der Waals surface area (Å²) < 4.78 is 70.5. The summed E-state index contributed by atoms with van der Waals surface area (Å²) in [4.78, 5) is 46.1. The molecule has 0 saturated heterocycles. The zero-order chi connectivity index (χ0) is 22.3. The van der Waals surface area contributed by atoms with E-state index in [0.29, 0.717) is 0 Å². The van der Waals surface area contributed by atoms with Crippen LogP contribution in [0.4, 0.5) is 27.6 Å². The molecule has 0 aromatic heterocycles. The number of rotatable bonds is 5. The Labute approximate surface area is 161 Å². The molecule has 0 spiro atoms. The lowest BCUT2D eigenvalue weighted by molar-refractivity contribution is -0.384. The second-order valence-corrected chi connectivity index (χ2v) is 5.66. The van der Waals surface area contributed by atoms with Gasteiger partial charge in [0.05, 0.1) is 16.1 Å². The Hall–Kier alpha value is -4.10. The minimum atomic E-state index is -2.43. The number of halogens is 5. The number of hydrogen-bond donors (Lipinski definition) is 1. The average molecular weight is 431 g/mol. The summed E-state index contributed by atoms with van der Waals surface area (Å²) in [6.07, 6.45) is 0. The second kappa shape index (κ2) is 7.38. The predicted octanol–water partition coefficient (Wildman–Crippen LogP) is 2.00. The molecule has 1 aliphatic heterocycles. The van der Waals surface area contributed by atoms with Crippen LogP contribution in [0.15, 0.2) is 18.2 Å². The van der Waals surface area contributed by atoms with Crippen molar-refractivity contribution in [2.75, 3.05) is 6.61 Å². The Morgan fingerprint density at radius 2 is 1.50 bits per heavy atom. The molecule has 30 heavy (non-hydrogen) atoms. The van der Waals surface area contributed by atoms with Gasteiger partial charge in [-0.1, -0.05) is 0 Å². The van der Waals surface area contributed by atoms with Crippen LogP contribution in [0.2, 0.25) is 0 Å². The molecule has 0 unspecified atom stereocenters. The highest BCUT2D eigenvalue weighted by Gasteiger charge is 2.38. The van der Waals surface area contributed by atoms with Crippen LogP contribution in [0.3, 0.4) is 0 Å². The van der Waals surface area contributed by atoms with Crippen LogP contribution in [-0.4, -0.2) is 34.3 Å². The number of carbonyl (C=O) groups excluding carboxylic acids is 3. The van der Waals surface area contributed by atoms with E-state index in [4.69, 9.17) is 0 Å². The monoisotopic (exact) mass is 431 g/mol. The van der Waals surface area contributed by atoms with Crippen molar-refractivity contribution >= 4 is 23.4 Å². The van der Waals surface area contributed by atoms with Gasteiger partial charge in [-0.2, -0.15) is 13.8 Å². The number of imide groups is 1. The molecule has 2 aromatic rings. The summed E-state index contributed by atoms with van der Waals surface area (Å²) in [6.45, 7) is -1.34. The van der Waals surface area contributed by atoms with Crippen molar-refractivity contribution in [3.8, 4) is 5.75 Å². The number of amides is 3. The molecule has 9 nitrogen and oxygen atoms in total. The molecule has 3 rings (SSSR count). The first-order chi connectivity index (χ1) is 14.0. The number of nitrogens with zero attached hydrogens (tertiary/aromatic N) is 2. The first kappa shape index (κ1) is 20.6. The van der Waals surface area contributed by atoms with Crippen molar-refractivity contribution in [2.24, 2.45) is 0 Å². The van der Waals surface area contributed by atoms with Crippen molar-refractivity contribution in [3.05, 3.63) is 68.5 Å². The molecule has 156 valence electrons. The maximum atomic E-state index is 13.5. The van der Waals surface area contributed by atoms with E-state index in [-0.39, 0.29) is 10.6 Å². The number of nitro groups is 1. The number of non-ortho nitro benzene ring substituents is 1. The van der Waals surface area contributed by atoms with E-state index in [1.165, 1.54) is 0 Å². The van der Waals surface area contributed by atoms with Crippen LogP contribution in [0, 0.1) is 39.2 Å². The lowest BCUT2D eigenvalue weighted by atomic mass is 10.1. The van der Waals surface area contributed by atoms with Gasteiger partial charge in [0.15, 0.2) is 12.4 Å². The summed E-state index contributed by atoms with van der Waals surface area (Å²) >= 11 is 0. The predicted molar refractivity (Wildman–Crippen MR) is 83.5 cm³/mol. The molecule has 0 fully saturated rings. The molecule has 1 aliphatic rings. The number of benzene rings is 2. The number of ether oxygens (including phenoxy) is 1. The lowest BCUT2D eigenvalue weighted by Gasteiger charge is -2.15. The zero-order valence-corrected chi connectivity index (χ0v) is 14.2. The molecular formula is C16H6F5N3O6. The van der Waals surface area contributed by atoms with Crippen LogP contribution < -0.4 is 10.2 Å². The molecular weight excluding hydrogens is 425 g/mol. The maximum absolute atomic E-state index is 13.5. The first-order valence-electron chi connectivity index (χ1n) is 7.65. The van der Waals surface area contributed by atoms with Gasteiger partial charge in [-0.05, 0) is 6.07 Å². The fraction of sp³-hybridized carbons (Fsp3) is 0.0625. The Kier molecular flexibility index (Phi) is 5.07. The third-order valence-electron chi connectivity index (χ3n) is 3.83. The molecule has 1 N–H and O–H groups in total. The lowest BCUT2D eigenvalue weighted by Crippen LogP contribution is -2.47. The van der Waals surface area contributed by atoms with Crippen molar-refractivity contribution < 1.29 is 46.0 Å². The molecule has 0 radical (unpaired) electrons. The second-order valence-electron chi connectivity index (χ2n) is 5.66. The van der Waals surface area contributed by atoms with Crippen LogP contribution in [0.25, 0.3) is 0 Å². The van der Waals surface area contributed by atoms with E-state index < -0.39 is 75.3 Å². The zero-order valence-electron chi connectivity index (χ0n) is 14.2. The number of fused-ring (bicyclic) bond motifs is 1. The van der Waals surface area contributed by atoms with Crippen LogP contribution in [-0.2, 0) is 4.79 Å². The minimum absolute atomic E-state index is 0.151. The van der Waals surface area contributed by atoms with Crippen molar-refractivity contribution in [2.45, 2.75) is 0 Å². The molecule has 0 saturated carbocycles. The topological polar surface area (TPSA) is 119 Å². The van der Waals surface area contributed by atoms with Gasteiger partial charge in [0, 0.05) is 12.1 Å². The Morgan fingerprint density at radius 1 is 0.967 bits per heavy atom. The summed E-state index contributed by atoms with van der Waals surface area (Å²) in [5, 5.41) is 10.9. The third kappa shape index (κ3) is 3.27. The summed E-state index contributed by atoms with van der Waals surface area (Å²) in [7, 11) is 0. The van der Waals surface area contributed by atoms with E-state index in [0.717, 1.165) is 18.2 Å². The number of hydrazine groups is 1. The van der Waals surface area contributed by atoms with Crippen LogP contribution >= 0.6 is 0 Å². The van der Waals surface area contributed by atoms with Gasteiger partial charge in [-0.15, -0.1) is 0 Å². The van der Waals surface area contributed by atoms with Gasteiger partial charge >= 0.3 is 0 Å². The molecule has 0 atom stereocenters. The highest BCUT2D eigenvalue weighted by molar-refractivity contribution is 6.22. The smallest absolute Gasteiger partial charge is 0.280 e. The maximum Gasteiger partial charge on any atom is 0.280 e. The molecule has 14 heteroatoms. The molecule has 3 amide bonds. The average Bonchev–Trinajstić information content (AvgIpc) is 2.95. The van der Waals surface area contributed by atoms with Gasteiger partial charge in [-0.25, -0.2) is 13.2 Å². The van der Waals surface area contributed by atoms with Crippen LogP contribution in [0.5, 0.6) is 5.75 Å². The fourth-order valence-corrected chi connectivity index (χ4v) is 2.45. The van der Waals surface area contributed by atoms with Crippen molar-refractivity contribution in [3.63, 3.8) is 0 Å².